The molecule has 0 aliphatic carbocycles. The summed E-state index contributed by atoms with van der Waals surface area (Å²) in [5.74, 6) is 1.29. The molecule has 0 radical (unpaired) electrons. The number of anilines is 1. The topological polar surface area (TPSA) is 65.1 Å². The maximum absolute atomic E-state index is 13.1. The van der Waals surface area contributed by atoms with Crippen molar-refractivity contribution >= 4 is 27.3 Å². The minimum Gasteiger partial charge on any atom is -0.493 e. The molecule has 0 fully saturated rings. The maximum Gasteiger partial charge on any atom is 0.264 e. The average molecular weight is 370 g/mol. The van der Waals surface area contributed by atoms with E-state index in [9.17, 15) is 8.42 Å². The third kappa shape index (κ3) is 2.85. The van der Waals surface area contributed by atoms with Gasteiger partial charge in [-0.05, 0) is 30.3 Å². The zero-order valence-electron chi connectivity index (χ0n) is 13.2. The first-order valence-corrected chi connectivity index (χ1v) is 8.96. The minimum absolute atomic E-state index is 0.105. The molecule has 0 aromatic heterocycles. The zero-order chi connectivity index (χ0) is 17.3. The first kappa shape index (κ1) is 16.7. The molecule has 2 aromatic carbocycles. The van der Waals surface area contributed by atoms with Gasteiger partial charge in [0.15, 0.2) is 11.5 Å². The van der Waals surface area contributed by atoms with E-state index in [1.165, 1.54) is 30.7 Å². The Kier molecular flexibility index (Phi) is 4.47. The molecule has 0 saturated carbocycles. The van der Waals surface area contributed by atoms with Gasteiger partial charge in [-0.15, -0.1) is 0 Å². The first-order chi connectivity index (χ1) is 11.5. The zero-order valence-corrected chi connectivity index (χ0v) is 14.7. The van der Waals surface area contributed by atoms with E-state index in [2.05, 4.69) is 0 Å². The molecule has 1 aliphatic heterocycles. The van der Waals surface area contributed by atoms with E-state index >= 15 is 0 Å². The Morgan fingerprint density at radius 3 is 2.54 bits per heavy atom. The highest BCUT2D eigenvalue weighted by molar-refractivity contribution is 7.92. The molecule has 6 nitrogen and oxygen atoms in total. The lowest BCUT2D eigenvalue weighted by Crippen LogP contribution is -2.37. The summed E-state index contributed by atoms with van der Waals surface area (Å²) in [6.07, 6.45) is 0. The summed E-state index contributed by atoms with van der Waals surface area (Å²) in [4.78, 5) is 0.105. The van der Waals surface area contributed by atoms with Crippen LogP contribution in [0.4, 0.5) is 5.69 Å². The molecule has 128 valence electrons. The Morgan fingerprint density at radius 1 is 1.08 bits per heavy atom. The van der Waals surface area contributed by atoms with Crippen LogP contribution < -0.4 is 18.5 Å². The highest BCUT2D eigenvalue weighted by atomic mass is 35.5. The van der Waals surface area contributed by atoms with Crippen LogP contribution in [0.2, 0.25) is 5.02 Å². The van der Waals surface area contributed by atoms with Crippen LogP contribution in [0.1, 0.15) is 0 Å². The van der Waals surface area contributed by atoms with Gasteiger partial charge in [-0.3, -0.25) is 4.31 Å². The fourth-order valence-electron chi connectivity index (χ4n) is 2.52. The van der Waals surface area contributed by atoms with Crippen LogP contribution in [0.5, 0.6) is 17.2 Å². The highest BCUT2D eigenvalue weighted by Gasteiger charge is 2.31. The number of halogens is 1. The molecule has 2 aromatic rings. The van der Waals surface area contributed by atoms with Crippen LogP contribution in [0.3, 0.4) is 0 Å². The van der Waals surface area contributed by atoms with Crippen LogP contribution in [0, 0.1) is 0 Å². The van der Waals surface area contributed by atoms with E-state index in [4.69, 9.17) is 25.8 Å². The van der Waals surface area contributed by atoms with Gasteiger partial charge in [0.25, 0.3) is 10.0 Å². The van der Waals surface area contributed by atoms with Gasteiger partial charge in [0, 0.05) is 11.1 Å². The third-order valence-electron chi connectivity index (χ3n) is 3.68. The Labute approximate surface area is 145 Å². The number of sulfonamides is 1. The van der Waals surface area contributed by atoms with Gasteiger partial charge in [-0.2, -0.15) is 0 Å². The summed E-state index contributed by atoms with van der Waals surface area (Å²) in [5, 5.41) is 0.437. The molecule has 0 spiro atoms. The smallest absolute Gasteiger partial charge is 0.264 e. The van der Waals surface area contributed by atoms with Crippen LogP contribution >= 0.6 is 11.6 Å². The molecule has 0 N–H and O–H groups in total. The monoisotopic (exact) mass is 369 g/mol. The normalized spacial score (nSPS) is 13.9. The maximum atomic E-state index is 13.1. The second-order valence-electron chi connectivity index (χ2n) is 5.05. The summed E-state index contributed by atoms with van der Waals surface area (Å²) < 4.78 is 43.3. The van der Waals surface area contributed by atoms with Crippen molar-refractivity contribution in [2.45, 2.75) is 4.90 Å². The van der Waals surface area contributed by atoms with Gasteiger partial charge in [0.2, 0.25) is 0 Å². The van der Waals surface area contributed by atoms with Gasteiger partial charge >= 0.3 is 0 Å². The summed E-state index contributed by atoms with van der Waals surface area (Å²) in [5.41, 5.74) is 0.420. The number of rotatable bonds is 4. The van der Waals surface area contributed by atoms with Crippen molar-refractivity contribution in [1.82, 2.24) is 0 Å². The predicted octanol–water partition coefficient (Wildman–Crippen LogP) is 2.94. The molecule has 24 heavy (non-hydrogen) atoms. The van der Waals surface area contributed by atoms with Crippen molar-refractivity contribution < 1.29 is 22.6 Å². The Balaban J connectivity index is 2.08. The van der Waals surface area contributed by atoms with E-state index in [1.807, 2.05) is 0 Å². The van der Waals surface area contributed by atoms with Crippen molar-refractivity contribution in [2.75, 3.05) is 31.7 Å². The highest BCUT2D eigenvalue weighted by Crippen LogP contribution is 2.38. The number of benzene rings is 2. The molecule has 8 heteroatoms. The van der Waals surface area contributed by atoms with Gasteiger partial charge in [-0.25, -0.2) is 8.42 Å². The molecule has 0 bridgehead atoms. The van der Waals surface area contributed by atoms with Crippen molar-refractivity contribution in [3.05, 3.63) is 41.4 Å². The van der Waals surface area contributed by atoms with E-state index in [0.717, 1.165) is 0 Å². The van der Waals surface area contributed by atoms with Crippen LogP contribution in [-0.4, -0.2) is 35.8 Å². The summed E-state index contributed by atoms with van der Waals surface area (Å²) in [6, 6.07) is 9.38. The lowest BCUT2D eigenvalue weighted by molar-refractivity contribution is 0.316. The fourth-order valence-corrected chi connectivity index (χ4v) is 4.15. The second kappa shape index (κ2) is 6.41. The number of ether oxygens (including phenoxy) is 3. The van der Waals surface area contributed by atoms with E-state index in [-0.39, 0.29) is 18.0 Å². The van der Waals surface area contributed by atoms with Gasteiger partial charge < -0.3 is 14.2 Å². The Hall–Kier alpha value is -2.12. The molecule has 0 atom stereocenters. The summed E-state index contributed by atoms with van der Waals surface area (Å²) >= 11 is 6.01. The van der Waals surface area contributed by atoms with Crippen LogP contribution in [0.15, 0.2) is 41.3 Å². The minimum atomic E-state index is -3.79. The molecule has 0 saturated heterocycles. The van der Waals surface area contributed by atoms with Crippen LogP contribution in [-0.2, 0) is 10.0 Å². The van der Waals surface area contributed by atoms with Crippen molar-refractivity contribution in [3.63, 3.8) is 0 Å². The Bertz CT molecular complexity index is 869. The summed E-state index contributed by atoms with van der Waals surface area (Å²) in [6.45, 7) is 0.463. The largest absolute Gasteiger partial charge is 0.493 e. The van der Waals surface area contributed by atoms with Gasteiger partial charge in [0.1, 0.15) is 12.4 Å². The third-order valence-corrected chi connectivity index (χ3v) is 5.73. The lowest BCUT2D eigenvalue weighted by Gasteiger charge is -2.30. The standard InChI is InChI=1S/C16H16ClNO5S/c1-21-15-6-4-12(10-16(15)22-2)24(19,20)18-7-8-23-14-5-3-11(17)9-13(14)18/h3-6,9-10H,7-8H2,1-2H3. The van der Waals surface area contributed by atoms with Crippen molar-refractivity contribution in [2.24, 2.45) is 0 Å². The first-order valence-electron chi connectivity index (χ1n) is 7.14. The van der Waals surface area contributed by atoms with E-state index < -0.39 is 10.0 Å². The Morgan fingerprint density at radius 2 is 1.83 bits per heavy atom. The van der Waals surface area contributed by atoms with Crippen LogP contribution in [0.25, 0.3) is 0 Å². The van der Waals surface area contributed by atoms with E-state index in [1.54, 1.807) is 24.3 Å². The predicted molar refractivity (Wildman–Crippen MR) is 91.0 cm³/mol. The van der Waals surface area contributed by atoms with Crippen molar-refractivity contribution in [3.8, 4) is 17.2 Å². The SMILES string of the molecule is COc1ccc(S(=O)(=O)N2CCOc3ccc(Cl)cc32)cc1OC. The number of fused-ring (bicyclic) bond motifs is 1. The molecule has 0 unspecified atom stereocenters. The second-order valence-corrected chi connectivity index (χ2v) is 7.35. The van der Waals surface area contributed by atoms with Crippen molar-refractivity contribution in [1.29, 1.82) is 0 Å². The average Bonchev–Trinajstić information content (AvgIpc) is 2.60. The molecule has 1 aliphatic rings. The number of hydrogen-bond donors (Lipinski definition) is 0. The number of nitrogens with zero attached hydrogens (tertiary/aromatic N) is 1. The molecular weight excluding hydrogens is 354 g/mol. The number of methoxy groups -OCH3 is 2. The molecular formula is C16H16ClNO5S. The van der Waals surface area contributed by atoms with Gasteiger partial charge in [0.05, 0.1) is 31.3 Å². The quantitative estimate of drug-likeness (QED) is 0.829. The van der Waals surface area contributed by atoms with Gasteiger partial charge in [-0.1, -0.05) is 11.6 Å². The fraction of sp³-hybridized carbons (Fsp3) is 0.250. The molecule has 3 rings (SSSR count). The summed E-state index contributed by atoms with van der Waals surface area (Å²) in [7, 11) is -0.842. The molecule has 1 heterocycles. The number of hydrogen-bond acceptors (Lipinski definition) is 5. The van der Waals surface area contributed by atoms with E-state index in [0.29, 0.717) is 28.0 Å². The lowest BCUT2D eigenvalue weighted by atomic mass is 10.2. The molecule has 0 amide bonds.